The molecule has 0 unspecified atom stereocenters. The van der Waals surface area contributed by atoms with E-state index >= 15 is 0 Å². The Hall–Kier alpha value is -0.506. The predicted molar refractivity (Wildman–Crippen MR) is 85.7 cm³/mol. The molecule has 0 saturated carbocycles. The molecule has 0 radical (unpaired) electrons. The van der Waals surface area contributed by atoms with E-state index in [0.717, 1.165) is 25.6 Å². The maximum absolute atomic E-state index is 5.37. The number of benzene rings is 1. The third-order valence-electron chi connectivity index (χ3n) is 2.94. The third-order valence-corrected chi connectivity index (χ3v) is 5.77. The standard InChI is InChI=1S/C13H23NO3Si.H4Si/c1-15-18(16-2,17-3)11-7-10-14-12-13-8-5-4-6-9-13;/h4-6,8-9,14H,7,10-12H2,1-3H3;1H4. The van der Waals surface area contributed by atoms with Gasteiger partial charge in [-0.2, -0.15) is 0 Å². The minimum absolute atomic E-state index is 0. The quantitative estimate of drug-likeness (QED) is 0.535. The van der Waals surface area contributed by atoms with Crippen molar-refractivity contribution in [2.24, 2.45) is 0 Å². The molecule has 0 atom stereocenters. The lowest BCUT2D eigenvalue weighted by Crippen LogP contribution is -2.43. The zero-order valence-electron chi connectivity index (χ0n) is 11.4. The van der Waals surface area contributed by atoms with Gasteiger partial charge in [0.25, 0.3) is 0 Å². The van der Waals surface area contributed by atoms with Crippen LogP contribution < -0.4 is 5.32 Å². The Morgan fingerprint density at radius 1 is 1.00 bits per heavy atom. The molecule has 1 aromatic carbocycles. The summed E-state index contributed by atoms with van der Waals surface area (Å²) in [4.78, 5) is 0. The molecule has 0 aliphatic rings. The smallest absolute Gasteiger partial charge is 0.377 e. The van der Waals surface area contributed by atoms with Gasteiger partial charge in [-0.1, -0.05) is 30.3 Å². The van der Waals surface area contributed by atoms with Crippen LogP contribution >= 0.6 is 0 Å². The molecule has 0 saturated heterocycles. The number of hydrogen-bond donors (Lipinski definition) is 1. The monoisotopic (exact) mass is 301 g/mol. The van der Waals surface area contributed by atoms with E-state index in [4.69, 9.17) is 13.3 Å². The van der Waals surface area contributed by atoms with E-state index in [-0.39, 0.29) is 11.0 Å². The Labute approximate surface area is 121 Å². The molecule has 0 aliphatic carbocycles. The van der Waals surface area contributed by atoms with E-state index in [2.05, 4.69) is 29.6 Å². The Kier molecular flexibility index (Phi) is 10.0. The van der Waals surface area contributed by atoms with Crippen LogP contribution in [0.2, 0.25) is 6.04 Å². The van der Waals surface area contributed by atoms with Crippen LogP contribution in [0.5, 0.6) is 0 Å². The van der Waals surface area contributed by atoms with Crippen molar-refractivity contribution < 1.29 is 13.3 Å². The molecule has 4 nitrogen and oxygen atoms in total. The fraction of sp³-hybridized carbons (Fsp3) is 0.538. The molecule has 0 bridgehead atoms. The Morgan fingerprint density at radius 3 is 2.11 bits per heavy atom. The van der Waals surface area contributed by atoms with Gasteiger partial charge in [-0.05, 0) is 29.5 Å². The van der Waals surface area contributed by atoms with Gasteiger partial charge in [0.05, 0.1) is 0 Å². The second-order valence-corrected chi connectivity index (χ2v) is 7.15. The van der Waals surface area contributed by atoms with Crippen molar-refractivity contribution in [1.29, 1.82) is 0 Å². The van der Waals surface area contributed by atoms with Crippen LogP contribution in [0, 0.1) is 0 Å². The van der Waals surface area contributed by atoms with Gasteiger partial charge in [0, 0.05) is 33.9 Å². The van der Waals surface area contributed by atoms with Gasteiger partial charge in [0.2, 0.25) is 0 Å². The largest absolute Gasteiger partial charge is 0.500 e. The van der Waals surface area contributed by atoms with Crippen molar-refractivity contribution >= 4 is 19.8 Å². The average molecular weight is 302 g/mol. The van der Waals surface area contributed by atoms with Crippen molar-refractivity contribution in [1.82, 2.24) is 5.32 Å². The van der Waals surface area contributed by atoms with E-state index in [1.807, 2.05) is 6.07 Å². The normalized spacial score (nSPS) is 11.1. The SMILES string of the molecule is CO[Si](CCCNCc1ccccc1)(OC)OC.[SiH4]. The molecule has 1 rings (SSSR count). The minimum atomic E-state index is -2.39. The summed E-state index contributed by atoms with van der Waals surface area (Å²) in [7, 11) is 2.56. The topological polar surface area (TPSA) is 39.7 Å². The molecule has 6 heteroatoms. The first-order valence-electron chi connectivity index (χ1n) is 6.16. The summed E-state index contributed by atoms with van der Waals surface area (Å²) in [6.07, 6.45) is 0.981. The van der Waals surface area contributed by atoms with Gasteiger partial charge < -0.3 is 18.6 Å². The van der Waals surface area contributed by atoms with E-state index in [1.165, 1.54) is 5.56 Å². The minimum Gasteiger partial charge on any atom is -0.377 e. The lowest BCUT2D eigenvalue weighted by atomic mass is 10.2. The summed E-state index contributed by atoms with van der Waals surface area (Å²) >= 11 is 0. The van der Waals surface area contributed by atoms with Gasteiger partial charge >= 0.3 is 8.80 Å². The van der Waals surface area contributed by atoms with Crippen LogP contribution in [0.1, 0.15) is 12.0 Å². The first-order valence-corrected chi connectivity index (χ1v) is 8.09. The van der Waals surface area contributed by atoms with E-state index < -0.39 is 8.80 Å². The fourth-order valence-corrected chi connectivity index (χ4v) is 3.54. The molecule has 19 heavy (non-hydrogen) atoms. The molecule has 0 aliphatic heterocycles. The molecular formula is C13H27NO3Si2. The fourth-order valence-electron chi connectivity index (χ4n) is 1.81. The van der Waals surface area contributed by atoms with Gasteiger partial charge in [0.1, 0.15) is 0 Å². The highest BCUT2D eigenvalue weighted by atomic mass is 28.4. The molecule has 0 fully saturated rings. The number of hydrogen-bond acceptors (Lipinski definition) is 4. The lowest BCUT2D eigenvalue weighted by molar-refractivity contribution is 0.123. The molecule has 1 N–H and O–H groups in total. The molecule has 0 heterocycles. The number of nitrogens with one attached hydrogen (secondary N) is 1. The van der Waals surface area contributed by atoms with Gasteiger partial charge in [-0.3, -0.25) is 0 Å². The molecule has 0 aromatic heterocycles. The summed E-state index contributed by atoms with van der Waals surface area (Å²) in [5, 5.41) is 3.40. The predicted octanol–water partition coefficient (Wildman–Crippen LogP) is 0.593. The number of rotatable bonds is 9. The van der Waals surface area contributed by atoms with Crippen LogP contribution in [0.4, 0.5) is 0 Å². The summed E-state index contributed by atoms with van der Waals surface area (Å²) in [5.74, 6) is 0. The third kappa shape index (κ3) is 6.46. The second kappa shape index (κ2) is 10.3. The zero-order chi connectivity index (χ0) is 13.3. The highest BCUT2D eigenvalue weighted by Gasteiger charge is 2.36. The van der Waals surface area contributed by atoms with Crippen LogP contribution in [-0.2, 0) is 19.8 Å². The van der Waals surface area contributed by atoms with Crippen molar-refractivity contribution in [3.63, 3.8) is 0 Å². The molecule has 0 spiro atoms. The summed E-state index contributed by atoms with van der Waals surface area (Å²) in [6, 6.07) is 11.2. The first kappa shape index (κ1) is 18.5. The maximum Gasteiger partial charge on any atom is 0.500 e. The van der Waals surface area contributed by atoms with Crippen molar-refractivity contribution in [3.8, 4) is 0 Å². The molecule has 0 amide bonds. The van der Waals surface area contributed by atoms with Crippen molar-refractivity contribution in [2.45, 2.75) is 19.0 Å². The maximum atomic E-state index is 5.37. The highest BCUT2D eigenvalue weighted by molar-refractivity contribution is 6.60. The Morgan fingerprint density at radius 2 is 1.58 bits per heavy atom. The Bertz CT molecular complexity index is 313. The molecule has 1 aromatic rings. The van der Waals surface area contributed by atoms with Gasteiger partial charge in [-0.15, -0.1) is 0 Å². The van der Waals surface area contributed by atoms with Crippen LogP contribution in [-0.4, -0.2) is 47.6 Å². The Balaban J connectivity index is 0.00000324. The molecule has 110 valence electrons. The average Bonchev–Trinajstić information content (AvgIpc) is 2.45. The van der Waals surface area contributed by atoms with Crippen molar-refractivity contribution in [3.05, 3.63) is 35.9 Å². The van der Waals surface area contributed by atoms with Crippen LogP contribution in [0.15, 0.2) is 30.3 Å². The van der Waals surface area contributed by atoms with Gasteiger partial charge in [-0.25, -0.2) is 0 Å². The van der Waals surface area contributed by atoms with Crippen LogP contribution in [0.3, 0.4) is 0 Å². The highest BCUT2D eigenvalue weighted by Crippen LogP contribution is 2.14. The zero-order valence-corrected chi connectivity index (χ0v) is 12.4. The summed E-state index contributed by atoms with van der Waals surface area (Å²) < 4.78 is 16.1. The summed E-state index contributed by atoms with van der Waals surface area (Å²) in [5.41, 5.74) is 1.30. The first-order chi connectivity index (χ1) is 8.76. The lowest BCUT2D eigenvalue weighted by Gasteiger charge is -2.24. The van der Waals surface area contributed by atoms with E-state index in [0.29, 0.717) is 0 Å². The van der Waals surface area contributed by atoms with E-state index in [1.54, 1.807) is 21.3 Å². The van der Waals surface area contributed by atoms with Crippen molar-refractivity contribution in [2.75, 3.05) is 27.9 Å². The second-order valence-electron chi connectivity index (χ2n) is 4.06. The summed E-state index contributed by atoms with van der Waals surface area (Å²) in [6.45, 7) is 1.82. The van der Waals surface area contributed by atoms with Crippen LogP contribution in [0.25, 0.3) is 0 Å². The van der Waals surface area contributed by atoms with E-state index in [9.17, 15) is 0 Å². The molecular weight excluding hydrogens is 274 g/mol. The van der Waals surface area contributed by atoms with Gasteiger partial charge in [0.15, 0.2) is 0 Å².